The number of hydrogen-bond acceptors (Lipinski definition) is 4. The molecule has 2 amide bonds. The molecular formula is C19H18BrF3N2O3. The number of allylic oxidation sites excluding steroid dienone is 1. The molecule has 0 unspecified atom stereocenters. The highest BCUT2D eigenvalue weighted by atomic mass is 79.9. The quantitative estimate of drug-likeness (QED) is 0.753. The first-order valence-corrected chi connectivity index (χ1v) is 9.50. The number of morpholine rings is 1. The van der Waals surface area contributed by atoms with E-state index in [1.165, 1.54) is 5.32 Å². The molecule has 0 saturated carbocycles. The molecule has 0 atom stereocenters. The first-order chi connectivity index (χ1) is 13.3. The number of nitrogens with zero attached hydrogens (tertiary/aromatic N) is 1. The lowest BCUT2D eigenvalue weighted by atomic mass is 10.1. The normalized spacial score (nSPS) is 19.3. The number of carbonyl (C=O) groups is 2. The fourth-order valence-corrected chi connectivity index (χ4v) is 3.51. The van der Waals surface area contributed by atoms with Crippen molar-refractivity contribution in [3.8, 4) is 0 Å². The van der Waals surface area contributed by atoms with Crippen molar-refractivity contribution in [3.63, 3.8) is 0 Å². The van der Waals surface area contributed by atoms with Gasteiger partial charge in [-0.2, -0.15) is 13.2 Å². The highest BCUT2D eigenvalue weighted by Crippen LogP contribution is 2.36. The third kappa shape index (κ3) is 4.82. The Labute approximate surface area is 168 Å². The lowest BCUT2D eigenvalue weighted by molar-refractivity contribution is -0.174. The van der Waals surface area contributed by atoms with E-state index < -0.39 is 18.0 Å². The predicted octanol–water partition coefficient (Wildman–Crippen LogP) is 3.42. The van der Waals surface area contributed by atoms with Crippen LogP contribution in [0.1, 0.15) is 18.4 Å². The second kappa shape index (κ2) is 8.48. The smallest absolute Gasteiger partial charge is 0.378 e. The summed E-state index contributed by atoms with van der Waals surface area (Å²) in [6, 6.07) is 7.57. The summed E-state index contributed by atoms with van der Waals surface area (Å²) in [6.07, 6.45) is -2.41. The number of benzene rings is 1. The van der Waals surface area contributed by atoms with Crippen LogP contribution in [0.4, 0.5) is 13.2 Å². The Hall–Kier alpha value is -2.13. The third-order valence-corrected chi connectivity index (χ3v) is 5.06. The van der Waals surface area contributed by atoms with Crippen molar-refractivity contribution < 1.29 is 27.5 Å². The maximum atomic E-state index is 12.5. The van der Waals surface area contributed by atoms with Gasteiger partial charge in [0.05, 0.1) is 13.2 Å². The maximum Gasteiger partial charge on any atom is 0.471 e. The van der Waals surface area contributed by atoms with Crippen LogP contribution in [0.3, 0.4) is 0 Å². The van der Waals surface area contributed by atoms with E-state index in [4.69, 9.17) is 4.74 Å². The molecule has 0 bridgehead atoms. The summed E-state index contributed by atoms with van der Waals surface area (Å²) in [5.74, 6) is -3.25. The fraction of sp³-hybridized carbons (Fsp3) is 0.368. The van der Waals surface area contributed by atoms with Gasteiger partial charge < -0.3 is 9.64 Å². The molecule has 28 heavy (non-hydrogen) atoms. The van der Waals surface area contributed by atoms with Gasteiger partial charge in [0, 0.05) is 28.8 Å². The SMILES string of the molecule is O=C(NC(=O)C(F)(F)F)C1=C(N2CCOCC2)/C(=C/c2ccc(Br)cc2)CC1. The minimum atomic E-state index is -5.11. The number of amides is 2. The van der Waals surface area contributed by atoms with Crippen LogP contribution in [0.25, 0.3) is 6.08 Å². The fourth-order valence-electron chi connectivity index (χ4n) is 3.24. The van der Waals surface area contributed by atoms with Crippen molar-refractivity contribution in [3.05, 3.63) is 51.1 Å². The van der Waals surface area contributed by atoms with E-state index in [9.17, 15) is 22.8 Å². The Balaban J connectivity index is 1.94. The van der Waals surface area contributed by atoms with Gasteiger partial charge in [0.25, 0.3) is 5.91 Å². The summed E-state index contributed by atoms with van der Waals surface area (Å²) < 4.78 is 43.8. The van der Waals surface area contributed by atoms with Crippen molar-refractivity contribution in [2.45, 2.75) is 19.0 Å². The van der Waals surface area contributed by atoms with Crippen molar-refractivity contribution in [2.75, 3.05) is 26.3 Å². The Bertz CT molecular complexity index is 826. The van der Waals surface area contributed by atoms with Gasteiger partial charge >= 0.3 is 12.1 Å². The summed E-state index contributed by atoms with van der Waals surface area (Å²) >= 11 is 3.37. The number of rotatable bonds is 3. The van der Waals surface area contributed by atoms with E-state index in [2.05, 4.69) is 15.9 Å². The molecule has 0 spiro atoms. The van der Waals surface area contributed by atoms with E-state index in [0.29, 0.717) is 38.4 Å². The molecule has 0 aromatic heterocycles. The zero-order valence-electron chi connectivity index (χ0n) is 14.8. The molecule has 1 aromatic carbocycles. The van der Waals surface area contributed by atoms with Gasteiger partial charge in [0.1, 0.15) is 0 Å². The molecule has 9 heteroatoms. The van der Waals surface area contributed by atoms with Gasteiger partial charge in [-0.15, -0.1) is 0 Å². The van der Waals surface area contributed by atoms with Crippen LogP contribution in [0.15, 0.2) is 45.6 Å². The minimum Gasteiger partial charge on any atom is -0.378 e. The molecular weight excluding hydrogens is 441 g/mol. The summed E-state index contributed by atoms with van der Waals surface area (Å²) in [5.41, 5.74) is 2.56. The van der Waals surface area contributed by atoms with Crippen molar-refractivity contribution in [1.82, 2.24) is 10.2 Å². The largest absolute Gasteiger partial charge is 0.471 e. The van der Waals surface area contributed by atoms with Crippen LogP contribution < -0.4 is 5.32 Å². The van der Waals surface area contributed by atoms with Gasteiger partial charge in [-0.3, -0.25) is 14.9 Å². The van der Waals surface area contributed by atoms with Gasteiger partial charge in [0.15, 0.2) is 0 Å². The molecule has 1 heterocycles. The van der Waals surface area contributed by atoms with Crippen molar-refractivity contribution in [1.29, 1.82) is 0 Å². The minimum absolute atomic E-state index is 0.197. The van der Waals surface area contributed by atoms with Gasteiger partial charge in [-0.1, -0.05) is 28.1 Å². The van der Waals surface area contributed by atoms with E-state index in [0.717, 1.165) is 15.6 Å². The number of ether oxygens (including phenoxy) is 1. The molecule has 2 aliphatic rings. The van der Waals surface area contributed by atoms with E-state index in [-0.39, 0.29) is 12.0 Å². The average molecular weight is 459 g/mol. The molecule has 1 saturated heterocycles. The lowest BCUT2D eigenvalue weighted by Gasteiger charge is -2.31. The Morgan fingerprint density at radius 1 is 1.11 bits per heavy atom. The van der Waals surface area contributed by atoms with Crippen LogP contribution >= 0.6 is 15.9 Å². The summed E-state index contributed by atoms with van der Waals surface area (Å²) in [4.78, 5) is 25.5. The van der Waals surface area contributed by atoms with Crippen LogP contribution in [-0.4, -0.2) is 49.2 Å². The second-order valence-electron chi connectivity index (χ2n) is 6.43. The monoisotopic (exact) mass is 458 g/mol. The summed E-state index contributed by atoms with van der Waals surface area (Å²) in [5, 5.41) is 1.47. The molecule has 1 fully saturated rings. The third-order valence-electron chi connectivity index (χ3n) is 4.53. The zero-order chi connectivity index (χ0) is 20.3. The number of carbonyl (C=O) groups excluding carboxylic acids is 2. The number of halogens is 4. The van der Waals surface area contributed by atoms with E-state index in [1.807, 2.05) is 35.2 Å². The summed E-state index contributed by atoms with van der Waals surface area (Å²) in [6.45, 7) is 1.98. The molecule has 1 N–H and O–H groups in total. The Morgan fingerprint density at radius 3 is 2.36 bits per heavy atom. The number of nitrogens with one attached hydrogen (secondary N) is 1. The Morgan fingerprint density at radius 2 is 1.75 bits per heavy atom. The average Bonchev–Trinajstić information content (AvgIpc) is 3.07. The first kappa shape index (κ1) is 20.6. The standard InChI is InChI=1S/C19H18BrF3N2O3/c20-14-4-1-12(2-5-14)11-13-3-6-15(16(13)25-7-9-28-10-8-25)17(26)24-18(27)19(21,22)23/h1-2,4-5,11H,3,6-10H2,(H,24,26,27)/b13-11+. The predicted molar refractivity (Wildman–Crippen MR) is 100.0 cm³/mol. The highest BCUT2D eigenvalue weighted by molar-refractivity contribution is 9.10. The number of alkyl halides is 3. The summed E-state index contributed by atoms with van der Waals surface area (Å²) in [7, 11) is 0. The first-order valence-electron chi connectivity index (χ1n) is 8.70. The molecule has 1 aliphatic heterocycles. The molecule has 0 radical (unpaired) electrons. The maximum absolute atomic E-state index is 12.5. The topological polar surface area (TPSA) is 58.6 Å². The van der Waals surface area contributed by atoms with Gasteiger partial charge in [-0.05, 0) is 42.2 Å². The van der Waals surface area contributed by atoms with Crippen LogP contribution in [0.5, 0.6) is 0 Å². The van der Waals surface area contributed by atoms with Crippen LogP contribution in [-0.2, 0) is 14.3 Å². The van der Waals surface area contributed by atoms with Crippen molar-refractivity contribution >= 4 is 33.8 Å². The van der Waals surface area contributed by atoms with Crippen molar-refractivity contribution in [2.24, 2.45) is 0 Å². The lowest BCUT2D eigenvalue weighted by Crippen LogP contribution is -2.42. The number of hydrogen-bond donors (Lipinski definition) is 1. The zero-order valence-corrected chi connectivity index (χ0v) is 16.4. The van der Waals surface area contributed by atoms with E-state index in [1.54, 1.807) is 0 Å². The van der Waals surface area contributed by atoms with Gasteiger partial charge in [-0.25, -0.2) is 0 Å². The van der Waals surface area contributed by atoms with Crippen LogP contribution in [0.2, 0.25) is 0 Å². The molecule has 1 aromatic rings. The Kier molecular flexibility index (Phi) is 6.24. The van der Waals surface area contributed by atoms with Crippen LogP contribution in [0, 0.1) is 0 Å². The second-order valence-corrected chi connectivity index (χ2v) is 7.34. The number of imide groups is 1. The molecule has 1 aliphatic carbocycles. The molecule has 3 rings (SSSR count). The van der Waals surface area contributed by atoms with E-state index >= 15 is 0 Å². The highest BCUT2D eigenvalue weighted by Gasteiger charge is 2.41. The molecule has 5 nitrogen and oxygen atoms in total. The van der Waals surface area contributed by atoms with Gasteiger partial charge in [0.2, 0.25) is 0 Å². The molecule has 150 valence electrons.